The number of piperazine rings is 1. The zero-order valence-electron chi connectivity index (χ0n) is 25.0. The number of fused-ring (bicyclic) bond motifs is 1. The Bertz CT molecular complexity index is 1280. The zero-order valence-corrected chi connectivity index (χ0v) is 25.0. The summed E-state index contributed by atoms with van der Waals surface area (Å²) in [5.41, 5.74) is 4.27. The SMILES string of the molecule is CCN1CCN(C(=O)[C@@H](Cc2cc(C)c(O)c(C)c2)OC(=O)N2CCC(N3CCc4ccccc4NC3=O)CC2)CC1. The highest BCUT2D eigenvalue weighted by Crippen LogP contribution is 2.27. The molecule has 2 saturated heterocycles. The molecule has 4 amide bonds. The van der Waals surface area contributed by atoms with Crippen LogP contribution in [0.4, 0.5) is 15.3 Å². The standard InChI is InChI=1S/C32H43N5O5/c1-4-34-15-17-35(18-16-34)30(39)28(21-24-19-22(2)29(38)23(3)20-24)42-32(41)36-12-10-26(11-13-36)37-14-9-25-7-5-6-8-27(25)33-31(37)40/h5-8,19-20,26,28,38H,4,9-18,21H2,1-3H3,(H,33,40)/t28-/m1/s1. The lowest BCUT2D eigenvalue weighted by molar-refractivity contribution is -0.142. The number of phenolic OH excluding ortho intramolecular Hbond substituents is 1. The van der Waals surface area contributed by atoms with Crippen molar-refractivity contribution in [2.24, 2.45) is 0 Å². The first-order valence-electron chi connectivity index (χ1n) is 15.1. The maximum atomic E-state index is 13.7. The highest BCUT2D eigenvalue weighted by molar-refractivity contribution is 5.91. The number of aryl methyl sites for hydroxylation is 2. The number of nitrogens with one attached hydrogen (secondary N) is 1. The molecule has 3 aliphatic rings. The molecule has 1 atom stereocenters. The number of aromatic hydroxyl groups is 1. The van der Waals surface area contributed by atoms with E-state index < -0.39 is 12.2 Å². The first-order valence-corrected chi connectivity index (χ1v) is 15.1. The van der Waals surface area contributed by atoms with Gasteiger partial charge >= 0.3 is 12.1 Å². The summed E-state index contributed by atoms with van der Waals surface area (Å²) >= 11 is 0. The Kier molecular flexibility index (Phi) is 9.21. The molecule has 2 aromatic carbocycles. The molecule has 0 spiro atoms. The molecule has 2 N–H and O–H groups in total. The second-order valence-electron chi connectivity index (χ2n) is 11.7. The van der Waals surface area contributed by atoms with E-state index in [0.717, 1.165) is 54.0 Å². The van der Waals surface area contributed by atoms with Gasteiger partial charge in [0.1, 0.15) is 5.75 Å². The Labute approximate surface area is 248 Å². The minimum absolute atomic E-state index is 0.0265. The van der Waals surface area contributed by atoms with Gasteiger partial charge in [0.15, 0.2) is 6.10 Å². The summed E-state index contributed by atoms with van der Waals surface area (Å²) in [6, 6.07) is 11.5. The van der Waals surface area contributed by atoms with Gasteiger partial charge in [0, 0.05) is 64.0 Å². The van der Waals surface area contributed by atoms with Crippen molar-refractivity contribution < 1.29 is 24.2 Å². The predicted molar refractivity (Wildman–Crippen MR) is 161 cm³/mol. The van der Waals surface area contributed by atoms with Crippen molar-refractivity contribution in [1.29, 1.82) is 0 Å². The number of likely N-dealkylation sites (tertiary alicyclic amines) is 1. The van der Waals surface area contributed by atoms with E-state index in [2.05, 4.69) is 17.1 Å². The summed E-state index contributed by atoms with van der Waals surface area (Å²) in [6.07, 6.45) is 0.856. The number of benzene rings is 2. The van der Waals surface area contributed by atoms with Crippen LogP contribution in [0, 0.1) is 13.8 Å². The van der Waals surface area contributed by atoms with Crippen LogP contribution in [0.5, 0.6) is 5.75 Å². The molecule has 3 heterocycles. The van der Waals surface area contributed by atoms with Gasteiger partial charge in [-0.3, -0.25) is 4.79 Å². The summed E-state index contributed by atoms with van der Waals surface area (Å²) in [7, 11) is 0. The molecule has 2 fully saturated rings. The third-order valence-corrected chi connectivity index (χ3v) is 8.93. The third kappa shape index (κ3) is 6.64. The maximum absolute atomic E-state index is 13.7. The van der Waals surface area contributed by atoms with Gasteiger partial charge in [-0.2, -0.15) is 0 Å². The molecule has 10 nitrogen and oxygen atoms in total. The summed E-state index contributed by atoms with van der Waals surface area (Å²) < 4.78 is 5.96. The Morgan fingerprint density at radius 1 is 0.976 bits per heavy atom. The topological polar surface area (TPSA) is 106 Å². The van der Waals surface area contributed by atoms with Crippen LogP contribution in [0.1, 0.15) is 42.0 Å². The molecule has 2 aromatic rings. The average molecular weight is 578 g/mol. The van der Waals surface area contributed by atoms with Crippen LogP contribution in [-0.4, -0.2) is 107 Å². The number of anilines is 1. The minimum atomic E-state index is -0.957. The number of amides is 4. The molecule has 0 aromatic heterocycles. The number of phenols is 1. The van der Waals surface area contributed by atoms with Gasteiger partial charge in [0.25, 0.3) is 5.91 Å². The lowest BCUT2D eigenvalue weighted by atomic mass is 10.0. The summed E-state index contributed by atoms with van der Waals surface area (Å²) in [5, 5.41) is 13.3. The number of urea groups is 1. The van der Waals surface area contributed by atoms with E-state index in [9.17, 15) is 19.5 Å². The number of carbonyl (C=O) groups excluding carboxylic acids is 3. The zero-order chi connectivity index (χ0) is 29.8. The van der Waals surface area contributed by atoms with Gasteiger partial charge in [-0.25, -0.2) is 9.59 Å². The quantitative estimate of drug-likeness (QED) is 0.542. The first kappa shape index (κ1) is 29.7. The summed E-state index contributed by atoms with van der Waals surface area (Å²) in [6.45, 7) is 11.0. The first-order chi connectivity index (χ1) is 20.2. The second-order valence-corrected chi connectivity index (χ2v) is 11.7. The van der Waals surface area contributed by atoms with Crippen LogP contribution < -0.4 is 5.32 Å². The highest BCUT2D eigenvalue weighted by Gasteiger charge is 2.35. The Hall–Kier alpha value is -3.79. The molecule has 5 rings (SSSR count). The largest absolute Gasteiger partial charge is 0.507 e. The van der Waals surface area contributed by atoms with E-state index >= 15 is 0 Å². The third-order valence-electron chi connectivity index (χ3n) is 8.93. The number of hydrogen-bond donors (Lipinski definition) is 2. The van der Waals surface area contributed by atoms with Crippen molar-refractivity contribution in [2.45, 2.75) is 58.6 Å². The van der Waals surface area contributed by atoms with E-state index in [1.807, 2.05) is 55.1 Å². The molecule has 0 bridgehead atoms. The number of ether oxygens (including phenoxy) is 1. The Morgan fingerprint density at radius 2 is 1.64 bits per heavy atom. The fraction of sp³-hybridized carbons (Fsp3) is 0.531. The Morgan fingerprint density at radius 3 is 2.31 bits per heavy atom. The van der Waals surface area contributed by atoms with E-state index in [-0.39, 0.29) is 30.2 Å². The maximum Gasteiger partial charge on any atom is 0.410 e. The molecule has 0 aliphatic carbocycles. The number of nitrogens with zero attached hydrogens (tertiary/aromatic N) is 4. The van der Waals surface area contributed by atoms with Gasteiger partial charge in [-0.05, 0) is 68.0 Å². The highest BCUT2D eigenvalue weighted by atomic mass is 16.6. The van der Waals surface area contributed by atoms with Gasteiger partial charge in [0.2, 0.25) is 0 Å². The molecule has 10 heteroatoms. The fourth-order valence-electron chi connectivity index (χ4n) is 6.34. The summed E-state index contributed by atoms with van der Waals surface area (Å²) in [4.78, 5) is 47.7. The summed E-state index contributed by atoms with van der Waals surface area (Å²) in [5.74, 6) is 0.0531. The fourth-order valence-corrected chi connectivity index (χ4v) is 6.34. The molecule has 226 valence electrons. The van der Waals surface area contributed by atoms with Gasteiger partial charge in [-0.15, -0.1) is 0 Å². The number of likely N-dealkylation sites (N-methyl/N-ethyl adjacent to an activating group) is 1. The normalized spacial score (nSPS) is 19.1. The average Bonchev–Trinajstić information content (AvgIpc) is 3.17. The van der Waals surface area contributed by atoms with Crippen molar-refractivity contribution in [3.05, 3.63) is 58.7 Å². The number of para-hydroxylation sites is 1. The van der Waals surface area contributed by atoms with Crippen molar-refractivity contribution in [3.63, 3.8) is 0 Å². The van der Waals surface area contributed by atoms with Crippen LogP contribution in [-0.2, 0) is 22.4 Å². The van der Waals surface area contributed by atoms with Crippen LogP contribution in [0.2, 0.25) is 0 Å². The van der Waals surface area contributed by atoms with Gasteiger partial charge in [-0.1, -0.05) is 37.3 Å². The van der Waals surface area contributed by atoms with Crippen LogP contribution in [0.15, 0.2) is 36.4 Å². The van der Waals surface area contributed by atoms with Crippen LogP contribution in [0.25, 0.3) is 0 Å². The second kappa shape index (κ2) is 13.0. The van der Waals surface area contributed by atoms with Crippen molar-refractivity contribution in [2.75, 3.05) is 57.7 Å². The van der Waals surface area contributed by atoms with Crippen LogP contribution >= 0.6 is 0 Å². The number of piperidine rings is 1. The smallest absolute Gasteiger partial charge is 0.410 e. The molecule has 0 radical (unpaired) electrons. The molecular formula is C32H43N5O5. The number of carbonyl (C=O) groups is 3. The monoisotopic (exact) mass is 577 g/mol. The van der Waals surface area contributed by atoms with Crippen molar-refractivity contribution in [3.8, 4) is 5.75 Å². The van der Waals surface area contributed by atoms with E-state index in [0.29, 0.717) is 45.6 Å². The predicted octanol–water partition coefficient (Wildman–Crippen LogP) is 3.78. The van der Waals surface area contributed by atoms with E-state index in [4.69, 9.17) is 4.74 Å². The van der Waals surface area contributed by atoms with Crippen molar-refractivity contribution >= 4 is 23.7 Å². The molecule has 0 unspecified atom stereocenters. The van der Waals surface area contributed by atoms with Gasteiger partial charge in [0.05, 0.1) is 0 Å². The van der Waals surface area contributed by atoms with E-state index in [1.165, 1.54) is 0 Å². The molecular weight excluding hydrogens is 534 g/mol. The molecule has 3 aliphatic heterocycles. The lowest BCUT2D eigenvalue weighted by Gasteiger charge is -2.38. The Balaban J connectivity index is 1.23. The van der Waals surface area contributed by atoms with Gasteiger partial charge < -0.3 is 34.8 Å². The van der Waals surface area contributed by atoms with Crippen LogP contribution in [0.3, 0.4) is 0 Å². The van der Waals surface area contributed by atoms with E-state index in [1.54, 1.807) is 9.80 Å². The number of hydrogen-bond acceptors (Lipinski definition) is 6. The molecule has 42 heavy (non-hydrogen) atoms. The minimum Gasteiger partial charge on any atom is -0.507 e. The lowest BCUT2D eigenvalue weighted by Crippen LogP contribution is -2.53. The number of rotatable bonds is 6. The van der Waals surface area contributed by atoms with Crippen molar-refractivity contribution in [1.82, 2.24) is 19.6 Å². The molecule has 0 saturated carbocycles.